The molecule has 1 unspecified atom stereocenters. The largest absolute Gasteiger partial charge is 0.481 e. The summed E-state index contributed by atoms with van der Waals surface area (Å²) >= 11 is 0. The summed E-state index contributed by atoms with van der Waals surface area (Å²) < 4.78 is 0. The lowest BCUT2D eigenvalue weighted by Gasteiger charge is -2.09. The second-order valence-corrected chi connectivity index (χ2v) is 11.7. The fraction of sp³-hybridized carbons (Fsp3) is 0.941. The van der Waals surface area contributed by atoms with Gasteiger partial charge in [-0.3, -0.25) is 9.59 Å². The van der Waals surface area contributed by atoms with Crippen molar-refractivity contribution in [1.82, 2.24) is 0 Å². The second kappa shape index (κ2) is 34.9. The fourth-order valence-electron chi connectivity index (χ4n) is 4.97. The molecule has 3 N–H and O–H groups in total. The van der Waals surface area contributed by atoms with Crippen LogP contribution in [0.25, 0.3) is 0 Å². The van der Waals surface area contributed by atoms with Crippen LogP contribution in [-0.2, 0) is 9.59 Å². The predicted molar refractivity (Wildman–Crippen MR) is 167 cm³/mol. The minimum absolute atomic E-state index is 0.176. The molecule has 0 saturated heterocycles. The second-order valence-electron chi connectivity index (χ2n) is 11.7. The Morgan fingerprint density at radius 1 is 0.410 bits per heavy atom. The molecule has 5 nitrogen and oxygen atoms in total. The number of carboxylic acid groups (broad SMARTS) is 2. The van der Waals surface area contributed by atoms with Crippen LogP contribution in [0.3, 0.4) is 0 Å². The molecular formula is C34H68O5. The maximum Gasteiger partial charge on any atom is 0.303 e. The van der Waals surface area contributed by atoms with Gasteiger partial charge in [-0.15, -0.1) is 0 Å². The van der Waals surface area contributed by atoms with Gasteiger partial charge in [0.15, 0.2) is 0 Å². The van der Waals surface area contributed by atoms with Crippen LogP contribution in [0.15, 0.2) is 0 Å². The minimum Gasteiger partial charge on any atom is -0.481 e. The molecule has 0 aliphatic carbocycles. The maximum absolute atomic E-state index is 10.4. The van der Waals surface area contributed by atoms with Crippen molar-refractivity contribution in [2.45, 2.75) is 206 Å². The van der Waals surface area contributed by atoms with Crippen molar-refractivity contribution in [2.75, 3.05) is 0 Å². The molecule has 5 heteroatoms. The summed E-state index contributed by atoms with van der Waals surface area (Å²) in [6.07, 6.45) is 33.7. The van der Waals surface area contributed by atoms with Crippen molar-refractivity contribution < 1.29 is 24.9 Å². The lowest BCUT2D eigenvalue weighted by atomic mass is 10.0. The zero-order valence-electron chi connectivity index (χ0n) is 26.2. The van der Waals surface area contributed by atoms with Crippen molar-refractivity contribution in [1.29, 1.82) is 0 Å². The third kappa shape index (κ3) is 41.5. The van der Waals surface area contributed by atoms with Gasteiger partial charge in [-0.25, -0.2) is 0 Å². The standard InChI is InChI=1S/C18H36O3.C16H32O2/c1-2-3-4-5-6-7-8-9-10-11-12-14-17(19)15-13-16-18(20)21;1-2-3-4-5-6-7-8-9-10-11-12-13-14-15-16(17)18/h17,19H,2-16H2,1H3,(H,20,21);2-15H2,1H3,(H,17,18). The van der Waals surface area contributed by atoms with Gasteiger partial charge in [0.1, 0.15) is 0 Å². The molecule has 0 bridgehead atoms. The molecule has 0 fully saturated rings. The van der Waals surface area contributed by atoms with Crippen molar-refractivity contribution in [3.8, 4) is 0 Å². The van der Waals surface area contributed by atoms with E-state index in [2.05, 4.69) is 13.8 Å². The van der Waals surface area contributed by atoms with Gasteiger partial charge in [-0.1, -0.05) is 162 Å². The lowest BCUT2D eigenvalue weighted by Crippen LogP contribution is -2.07. The van der Waals surface area contributed by atoms with Crippen molar-refractivity contribution in [2.24, 2.45) is 0 Å². The third-order valence-electron chi connectivity index (χ3n) is 7.56. The van der Waals surface area contributed by atoms with Crippen LogP contribution in [0.4, 0.5) is 0 Å². The molecule has 0 amide bonds. The van der Waals surface area contributed by atoms with Crippen LogP contribution in [0.2, 0.25) is 0 Å². The Morgan fingerprint density at radius 3 is 1.00 bits per heavy atom. The summed E-state index contributed by atoms with van der Waals surface area (Å²) in [6.45, 7) is 4.51. The average Bonchev–Trinajstić information content (AvgIpc) is 2.90. The first-order chi connectivity index (χ1) is 18.9. The first-order valence-electron chi connectivity index (χ1n) is 17.1. The van der Waals surface area contributed by atoms with Crippen molar-refractivity contribution >= 4 is 11.9 Å². The summed E-state index contributed by atoms with van der Waals surface area (Å²) in [5.74, 6) is -1.42. The number of hydrogen-bond acceptors (Lipinski definition) is 3. The summed E-state index contributed by atoms with van der Waals surface area (Å²) in [5, 5.41) is 26.7. The number of aliphatic hydroxyl groups is 1. The molecule has 0 aliphatic rings. The molecule has 0 aromatic rings. The highest BCUT2D eigenvalue weighted by Crippen LogP contribution is 2.15. The number of carbonyl (C=O) groups is 2. The smallest absolute Gasteiger partial charge is 0.303 e. The van der Waals surface area contributed by atoms with Crippen LogP contribution in [0, 0.1) is 0 Å². The van der Waals surface area contributed by atoms with Gasteiger partial charge < -0.3 is 15.3 Å². The molecule has 1 atom stereocenters. The van der Waals surface area contributed by atoms with Crippen LogP contribution in [0.5, 0.6) is 0 Å². The van der Waals surface area contributed by atoms with E-state index in [0.717, 1.165) is 25.7 Å². The molecular weight excluding hydrogens is 488 g/mol. The summed E-state index contributed by atoms with van der Waals surface area (Å²) in [6, 6.07) is 0. The van der Waals surface area contributed by atoms with E-state index in [1.807, 2.05) is 0 Å². The minimum atomic E-state index is -0.767. The van der Waals surface area contributed by atoms with Gasteiger partial charge in [0, 0.05) is 12.8 Å². The van der Waals surface area contributed by atoms with Crippen LogP contribution >= 0.6 is 0 Å². The van der Waals surface area contributed by atoms with E-state index in [4.69, 9.17) is 10.2 Å². The Balaban J connectivity index is 0. The zero-order valence-corrected chi connectivity index (χ0v) is 26.2. The molecule has 0 aromatic carbocycles. The molecule has 0 rings (SSSR count). The monoisotopic (exact) mass is 557 g/mol. The summed E-state index contributed by atoms with van der Waals surface area (Å²) in [7, 11) is 0. The Labute approximate surface area is 242 Å². The Kier molecular flexibility index (Phi) is 35.9. The Hall–Kier alpha value is -1.10. The Bertz CT molecular complexity index is 494. The van der Waals surface area contributed by atoms with E-state index in [9.17, 15) is 14.7 Å². The van der Waals surface area contributed by atoms with E-state index in [0.29, 0.717) is 19.3 Å². The Morgan fingerprint density at radius 2 is 0.667 bits per heavy atom. The number of carboxylic acids is 2. The van der Waals surface area contributed by atoms with Gasteiger partial charge in [-0.2, -0.15) is 0 Å². The van der Waals surface area contributed by atoms with Crippen molar-refractivity contribution in [3.63, 3.8) is 0 Å². The number of hydrogen-bond donors (Lipinski definition) is 3. The molecule has 0 saturated carbocycles. The topological polar surface area (TPSA) is 94.8 Å². The number of rotatable bonds is 30. The third-order valence-corrected chi connectivity index (χ3v) is 7.56. The molecule has 0 radical (unpaired) electrons. The van der Waals surface area contributed by atoms with Gasteiger partial charge in [0.05, 0.1) is 6.10 Å². The zero-order chi connectivity index (χ0) is 29.2. The number of aliphatic carboxylic acids is 2. The van der Waals surface area contributed by atoms with E-state index < -0.39 is 11.9 Å². The first-order valence-corrected chi connectivity index (χ1v) is 17.1. The van der Waals surface area contributed by atoms with E-state index >= 15 is 0 Å². The van der Waals surface area contributed by atoms with Crippen LogP contribution < -0.4 is 0 Å². The quantitative estimate of drug-likeness (QED) is 0.0765. The van der Waals surface area contributed by atoms with Gasteiger partial charge >= 0.3 is 11.9 Å². The van der Waals surface area contributed by atoms with Gasteiger partial charge in [-0.05, 0) is 25.7 Å². The molecule has 39 heavy (non-hydrogen) atoms. The summed E-state index contributed by atoms with van der Waals surface area (Å²) in [4.78, 5) is 20.7. The van der Waals surface area contributed by atoms with Crippen LogP contribution in [0.1, 0.15) is 200 Å². The first kappa shape index (κ1) is 40.0. The molecule has 0 spiro atoms. The van der Waals surface area contributed by atoms with Gasteiger partial charge in [0.25, 0.3) is 0 Å². The molecule has 0 aromatic heterocycles. The predicted octanol–water partition coefficient (Wildman–Crippen LogP) is 10.9. The van der Waals surface area contributed by atoms with E-state index in [1.165, 1.54) is 135 Å². The highest BCUT2D eigenvalue weighted by molar-refractivity contribution is 5.66. The lowest BCUT2D eigenvalue weighted by molar-refractivity contribution is -0.138. The van der Waals surface area contributed by atoms with Crippen molar-refractivity contribution in [3.05, 3.63) is 0 Å². The van der Waals surface area contributed by atoms with E-state index in [1.54, 1.807) is 0 Å². The SMILES string of the molecule is CCCCCCCCCCCCCC(O)CCCC(=O)O.CCCCCCCCCCCCCCCC(=O)O. The fourth-order valence-corrected chi connectivity index (χ4v) is 4.97. The number of unbranched alkanes of at least 4 members (excludes halogenated alkanes) is 22. The van der Waals surface area contributed by atoms with E-state index in [-0.39, 0.29) is 12.5 Å². The normalized spacial score (nSPS) is 11.7. The summed E-state index contributed by atoms with van der Waals surface area (Å²) in [5.41, 5.74) is 0. The van der Waals surface area contributed by atoms with Crippen LogP contribution in [-0.4, -0.2) is 33.4 Å². The number of aliphatic hydroxyl groups excluding tert-OH is 1. The average molecular weight is 557 g/mol. The molecule has 234 valence electrons. The molecule has 0 aliphatic heterocycles. The highest BCUT2D eigenvalue weighted by Gasteiger charge is 2.05. The highest BCUT2D eigenvalue weighted by atomic mass is 16.4. The van der Waals surface area contributed by atoms with Gasteiger partial charge in [0.2, 0.25) is 0 Å². The molecule has 0 heterocycles. The maximum atomic E-state index is 10.4.